The van der Waals surface area contributed by atoms with Crippen LogP contribution in [0.5, 0.6) is 11.5 Å². The first-order valence-electron chi connectivity index (χ1n) is 7.20. The molecule has 0 saturated carbocycles. The van der Waals surface area contributed by atoms with E-state index in [1.165, 1.54) is 0 Å². The third-order valence-corrected chi connectivity index (χ3v) is 3.55. The van der Waals surface area contributed by atoms with E-state index in [-0.39, 0.29) is 12.5 Å². The van der Waals surface area contributed by atoms with Crippen LogP contribution in [-0.2, 0) is 4.79 Å². The Bertz CT molecular complexity index is 615. The second-order valence-corrected chi connectivity index (χ2v) is 5.67. The molecule has 0 aliphatic heterocycles. The lowest BCUT2D eigenvalue weighted by Gasteiger charge is -2.09. The van der Waals surface area contributed by atoms with Gasteiger partial charge in [0.1, 0.15) is 18.1 Å². The van der Waals surface area contributed by atoms with Gasteiger partial charge in [-0.25, -0.2) is 0 Å². The number of methoxy groups -OCH3 is 1. The third kappa shape index (κ3) is 6.30. The van der Waals surface area contributed by atoms with Crippen LogP contribution in [0.3, 0.4) is 0 Å². The predicted molar refractivity (Wildman–Crippen MR) is 94.1 cm³/mol. The zero-order valence-corrected chi connectivity index (χ0v) is 14.4. The average molecular weight is 379 g/mol. The van der Waals surface area contributed by atoms with Gasteiger partial charge in [-0.15, -0.1) is 0 Å². The van der Waals surface area contributed by atoms with Crippen molar-refractivity contribution in [2.75, 3.05) is 32.1 Å². The number of ether oxygens (including phenoxy) is 2. The minimum atomic E-state index is -0.0863. The molecule has 2 N–H and O–H groups in total. The number of carbonyl (C=O) groups excluding carboxylic acids is 1. The maximum Gasteiger partial charge on any atom is 0.238 e. The van der Waals surface area contributed by atoms with Crippen LogP contribution in [0.15, 0.2) is 53.0 Å². The highest BCUT2D eigenvalue weighted by Gasteiger charge is 2.02. The van der Waals surface area contributed by atoms with E-state index in [2.05, 4.69) is 26.6 Å². The highest BCUT2D eigenvalue weighted by atomic mass is 79.9. The van der Waals surface area contributed by atoms with Crippen molar-refractivity contribution in [1.29, 1.82) is 0 Å². The molecule has 6 heteroatoms. The Labute approximate surface area is 144 Å². The molecule has 5 nitrogen and oxygen atoms in total. The van der Waals surface area contributed by atoms with Crippen LogP contribution < -0.4 is 20.1 Å². The zero-order chi connectivity index (χ0) is 16.5. The third-order valence-electron chi connectivity index (χ3n) is 3.02. The molecule has 0 unspecified atom stereocenters. The van der Waals surface area contributed by atoms with Crippen LogP contribution in [-0.4, -0.2) is 32.7 Å². The molecule has 1 amide bonds. The van der Waals surface area contributed by atoms with Gasteiger partial charge in [-0.2, -0.15) is 0 Å². The molecule has 0 aromatic heterocycles. The largest absolute Gasteiger partial charge is 0.497 e. The first-order chi connectivity index (χ1) is 11.2. The van der Waals surface area contributed by atoms with Crippen LogP contribution in [0.2, 0.25) is 0 Å². The van der Waals surface area contributed by atoms with Crippen LogP contribution in [0.4, 0.5) is 5.69 Å². The van der Waals surface area contributed by atoms with E-state index >= 15 is 0 Å². The first-order valence-corrected chi connectivity index (χ1v) is 7.99. The lowest BCUT2D eigenvalue weighted by Crippen LogP contribution is -2.31. The van der Waals surface area contributed by atoms with Crippen LogP contribution in [0.25, 0.3) is 0 Å². The standard InChI is InChI=1S/C17H19BrN2O3/c1-22-15-6-8-16(9-7-15)23-11-10-19-12-17(21)20-14-4-2-13(18)3-5-14/h2-9,19H,10-12H2,1H3,(H,20,21). The van der Waals surface area contributed by atoms with E-state index in [1.54, 1.807) is 7.11 Å². The Morgan fingerprint density at radius 2 is 1.70 bits per heavy atom. The fourth-order valence-corrected chi connectivity index (χ4v) is 2.12. The number of carbonyl (C=O) groups is 1. The molecule has 2 aromatic rings. The lowest BCUT2D eigenvalue weighted by atomic mass is 10.3. The summed E-state index contributed by atoms with van der Waals surface area (Å²) in [5, 5.41) is 5.85. The van der Waals surface area contributed by atoms with Crippen molar-refractivity contribution in [2.24, 2.45) is 0 Å². The molecule has 122 valence electrons. The molecule has 2 aromatic carbocycles. The molecule has 0 aliphatic carbocycles. The Kier molecular flexibility index (Phi) is 6.90. The molecule has 0 radical (unpaired) electrons. The second kappa shape index (κ2) is 9.17. The summed E-state index contributed by atoms with van der Waals surface area (Å²) >= 11 is 3.35. The number of hydrogen-bond acceptors (Lipinski definition) is 4. The quantitative estimate of drug-likeness (QED) is 0.693. The Morgan fingerprint density at radius 3 is 2.35 bits per heavy atom. The highest BCUT2D eigenvalue weighted by Crippen LogP contribution is 2.16. The minimum absolute atomic E-state index is 0.0863. The van der Waals surface area contributed by atoms with Gasteiger partial charge in [0.2, 0.25) is 5.91 Å². The molecule has 0 saturated heterocycles. The van der Waals surface area contributed by atoms with Gasteiger partial charge in [-0.1, -0.05) is 15.9 Å². The number of amides is 1. The Balaban J connectivity index is 1.61. The van der Waals surface area contributed by atoms with Crippen molar-refractivity contribution in [3.05, 3.63) is 53.0 Å². The van der Waals surface area contributed by atoms with Gasteiger partial charge in [0, 0.05) is 16.7 Å². The lowest BCUT2D eigenvalue weighted by molar-refractivity contribution is -0.115. The summed E-state index contributed by atoms with van der Waals surface area (Å²) in [5.74, 6) is 1.48. The molecule has 0 bridgehead atoms. The molecule has 0 aliphatic rings. The highest BCUT2D eigenvalue weighted by molar-refractivity contribution is 9.10. The van der Waals surface area contributed by atoms with Crippen molar-refractivity contribution in [1.82, 2.24) is 5.32 Å². The van der Waals surface area contributed by atoms with Gasteiger partial charge in [-0.3, -0.25) is 4.79 Å². The summed E-state index contributed by atoms with van der Waals surface area (Å²) < 4.78 is 11.6. The molecule has 0 spiro atoms. The van der Waals surface area contributed by atoms with Crippen molar-refractivity contribution < 1.29 is 14.3 Å². The normalized spacial score (nSPS) is 10.2. The summed E-state index contributed by atoms with van der Waals surface area (Å²) in [6.45, 7) is 1.31. The van der Waals surface area contributed by atoms with Crippen LogP contribution in [0.1, 0.15) is 0 Å². The smallest absolute Gasteiger partial charge is 0.238 e. The summed E-state index contributed by atoms with van der Waals surface area (Å²) in [6, 6.07) is 14.8. The first kappa shape index (κ1) is 17.3. The van der Waals surface area contributed by atoms with Gasteiger partial charge in [-0.05, 0) is 48.5 Å². The van der Waals surface area contributed by atoms with Crippen molar-refractivity contribution >= 4 is 27.5 Å². The summed E-state index contributed by atoms with van der Waals surface area (Å²) in [5.41, 5.74) is 0.773. The van der Waals surface area contributed by atoms with Crippen molar-refractivity contribution in [2.45, 2.75) is 0 Å². The van der Waals surface area contributed by atoms with Gasteiger partial charge in [0.15, 0.2) is 0 Å². The molecular formula is C17H19BrN2O3. The van der Waals surface area contributed by atoms with E-state index in [4.69, 9.17) is 9.47 Å². The molecule has 0 fully saturated rings. The van der Waals surface area contributed by atoms with E-state index in [0.717, 1.165) is 21.7 Å². The topological polar surface area (TPSA) is 59.6 Å². The number of rotatable bonds is 8. The van der Waals surface area contributed by atoms with Gasteiger partial charge >= 0.3 is 0 Å². The molecule has 0 heterocycles. The molecule has 0 atom stereocenters. The molecular weight excluding hydrogens is 360 g/mol. The van der Waals surface area contributed by atoms with E-state index in [0.29, 0.717) is 13.2 Å². The summed E-state index contributed by atoms with van der Waals surface area (Å²) in [6.07, 6.45) is 0. The van der Waals surface area contributed by atoms with E-state index in [9.17, 15) is 4.79 Å². The van der Waals surface area contributed by atoms with Gasteiger partial charge in [0.25, 0.3) is 0 Å². The fraction of sp³-hybridized carbons (Fsp3) is 0.235. The Morgan fingerprint density at radius 1 is 1.04 bits per heavy atom. The van der Waals surface area contributed by atoms with E-state index < -0.39 is 0 Å². The van der Waals surface area contributed by atoms with Gasteiger partial charge in [0.05, 0.1) is 13.7 Å². The van der Waals surface area contributed by atoms with E-state index in [1.807, 2.05) is 48.5 Å². The predicted octanol–water partition coefficient (Wildman–Crippen LogP) is 3.06. The monoisotopic (exact) mass is 378 g/mol. The fourth-order valence-electron chi connectivity index (χ4n) is 1.85. The number of anilines is 1. The minimum Gasteiger partial charge on any atom is -0.497 e. The van der Waals surface area contributed by atoms with Crippen molar-refractivity contribution in [3.63, 3.8) is 0 Å². The van der Waals surface area contributed by atoms with Crippen LogP contribution >= 0.6 is 15.9 Å². The van der Waals surface area contributed by atoms with Crippen LogP contribution in [0, 0.1) is 0 Å². The zero-order valence-electron chi connectivity index (χ0n) is 12.8. The maximum absolute atomic E-state index is 11.8. The molecule has 2 rings (SSSR count). The summed E-state index contributed by atoms with van der Waals surface area (Å²) in [7, 11) is 1.62. The summed E-state index contributed by atoms with van der Waals surface area (Å²) in [4.78, 5) is 11.8. The number of benzene rings is 2. The number of hydrogen-bond donors (Lipinski definition) is 2. The number of halogens is 1. The molecule has 23 heavy (non-hydrogen) atoms. The second-order valence-electron chi connectivity index (χ2n) is 4.76. The number of nitrogens with one attached hydrogen (secondary N) is 2. The Hall–Kier alpha value is -2.05. The maximum atomic E-state index is 11.8. The van der Waals surface area contributed by atoms with Crippen molar-refractivity contribution in [3.8, 4) is 11.5 Å². The average Bonchev–Trinajstić information content (AvgIpc) is 2.57. The van der Waals surface area contributed by atoms with Gasteiger partial charge < -0.3 is 20.1 Å². The SMILES string of the molecule is COc1ccc(OCCNCC(=O)Nc2ccc(Br)cc2)cc1.